The van der Waals surface area contributed by atoms with E-state index in [4.69, 9.17) is 9.72 Å². The first-order valence-electron chi connectivity index (χ1n) is 19.2. The number of hydrogen-bond donors (Lipinski definition) is 0. The zero-order chi connectivity index (χ0) is 38.9. The van der Waals surface area contributed by atoms with Crippen LogP contribution in [0.15, 0.2) is 91.1 Å². The van der Waals surface area contributed by atoms with Crippen LogP contribution < -0.4 is 4.74 Å². The fraction of sp³-hybridized carbons (Fsp3) is 0.375. The van der Waals surface area contributed by atoms with Crippen LogP contribution in [0.3, 0.4) is 0 Å². The molecule has 0 saturated heterocycles. The van der Waals surface area contributed by atoms with Gasteiger partial charge in [0.25, 0.3) is 0 Å². The van der Waals surface area contributed by atoms with Crippen LogP contribution in [0.25, 0.3) is 44.3 Å². The van der Waals surface area contributed by atoms with E-state index in [-0.39, 0.29) is 27.1 Å². The molecule has 1 aliphatic carbocycles. The molecule has 6 heteroatoms. The fourth-order valence-electron chi connectivity index (χ4n) is 8.85. The molecule has 0 radical (unpaired) electrons. The van der Waals surface area contributed by atoms with Crippen LogP contribution >= 0.6 is 0 Å². The molecule has 0 aliphatic heterocycles. The zero-order valence-corrected chi connectivity index (χ0v) is 36.4. The number of rotatable bonds is 4. The van der Waals surface area contributed by atoms with Crippen LogP contribution in [-0.2, 0) is 48.1 Å². The van der Waals surface area contributed by atoms with Crippen LogP contribution in [0.4, 0.5) is 0 Å². The molecule has 0 atom stereocenters. The predicted molar refractivity (Wildman–Crippen MR) is 221 cm³/mol. The number of ether oxygens (including phenoxy) is 1. The number of aryl methyl sites for hydroxylation is 1. The third-order valence-electron chi connectivity index (χ3n) is 13.3. The minimum absolute atomic E-state index is 0.00173. The quantitative estimate of drug-likeness (QED) is 0.176. The SMILES string of the molecule is Cn1[c](=[Pt])n(-c2cccc(Oc3ccc4c5c6c(ccc5n(-c5cc(C(C)(C)C)ccn5)c4c3)C(C)(C)C(C)(C)C6(C)C)c2)c2ccc(C(C)(C)C)cc21. The molecule has 8 rings (SSSR count). The molecule has 0 bridgehead atoms. The van der Waals surface area contributed by atoms with E-state index in [2.05, 4.69) is 202 Å². The predicted octanol–water partition coefficient (Wildman–Crippen LogP) is 12.5. The molecule has 0 saturated carbocycles. The maximum atomic E-state index is 6.78. The molecule has 4 aromatic carbocycles. The molecule has 0 N–H and O–H groups in total. The Morgan fingerprint density at radius 2 is 1.30 bits per heavy atom. The summed E-state index contributed by atoms with van der Waals surface area (Å²) < 4.78 is 14.9. The van der Waals surface area contributed by atoms with Gasteiger partial charge in [-0.3, -0.25) is 0 Å². The maximum absolute atomic E-state index is 6.78. The topological polar surface area (TPSA) is 36.9 Å². The molecule has 3 heterocycles. The van der Waals surface area contributed by atoms with Gasteiger partial charge in [-0.1, -0.05) is 68.4 Å². The number of pyridine rings is 1. The number of aromatic nitrogens is 4. The van der Waals surface area contributed by atoms with Gasteiger partial charge in [0.05, 0.1) is 0 Å². The molecule has 7 aromatic rings. The van der Waals surface area contributed by atoms with Crippen molar-refractivity contribution in [3.05, 3.63) is 117 Å². The van der Waals surface area contributed by atoms with E-state index in [1.807, 2.05) is 12.3 Å². The summed E-state index contributed by atoms with van der Waals surface area (Å²) >= 11 is 2.44. The first-order valence-corrected chi connectivity index (χ1v) is 20.3. The number of hydrogen-bond acceptors (Lipinski definition) is 2. The van der Waals surface area contributed by atoms with Gasteiger partial charge in [0.15, 0.2) is 0 Å². The van der Waals surface area contributed by atoms with Crippen molar-refractivity contribution in [2.75, 3.05) is 0 Å². The van der Waals surface area contributed by atoms with E-state index in [1.54, 1.807) is 0 Å². The number of nitrogens with zero attached hydrogens (tertiary/aromatic N) is 4. The summed E-state index contributed by atoms with van der Waals surface area (Å²) in [6.45, 7) is 28.2. The van der Waals surface area contributed by atoms with Crippen molar-refractivity contribution in [3.63, 3.8) is 0 Å². The Balaban J connectivity index is 1.30. The molecule has 3 aromatic heterocycles. The zero-order valence-electron chi connectivity index (χ0n) is 34.2. The summed E-state index contributed by atoms with van der Waals surface area (Å²) in [5.74, 6) is 2.51. The van der Waals surface area contributed by atoms with E-state index >= 15 is 0 Å². The minimum atomic E-state index is -0.0636. The Kier molecular flexibility index (Phi) is 8.09. The van der Waals surface area contributed by atoms with Crippen LogP contribution in [0.1, 0.15) is 105 Å². The van der Waals surface area contributed by atoms with Gasteiger partial charge in [-0.25, -0.2) is 0 Å². The van der Waals surface area contributed by atoms with E-state index in [1.165, 1.54) is 49.6 Å². The molecule has 5 nitrogen and oxygen atoms in total. The van der Waals surface area contributed by atoms with Crippen molar-refractivity contribution in [2.24, 2.45) is 12.5 Å². The van der Waals surface area contributed by atoms with Crippen LogP contribution in [0.5, 0.6) is 11.5 Å². The first-order chi connectivity index (χ1) is 25.1. The summed E-state index contributed by atoms with van der Waals surface area (Å²) in [6, 6.07) is 31.0. The van der Waals surface area contributed by atoms with Crippen molar-refractivity contribution in [1.29, 1.82) is 0 Å². The van der Waals surface area contributed by atoms with Gasteiger partial charge in [0.2, 0.25) is 0 Å². The van der Waals surface area contributed by atoms with Crippen molar-refractivity contribution in [1.82, 2.24) is 18.7 Å². The molecule has 0 spiro atoms. The summed E-state index contributed by atoms with van der Waals surface area (Å²) in [6.07, 6.45) is 1.96. The van der Waals surface area contributed by atoms with Gasteiger partial charge in [0, 0.05) is 6.20 Å². The van der Waals surface area contributed by atoms with Crippen molar-refractivity contribution in [3.8, 4) is 23.0 Å². The Morgan fingerprint density at radius 1 is 0.630 bits per heavy atom. The van der Waals surface area contributed by atoms with Crippen LogP contribution in [-0.4, -0.2) is 18.7 Å². The summed E-state index contributed by atoms with van der Waals surface area (Å²) in [5.41, 5.74) is 11.2. The third kappa shape index (κ3) is 5.28. The van der Waals surface area contributed by atoms with E-state index in [9.17, 15) is 0 Å². The summed E-state index contributed by atoms with van der Waals surface area (Å²) in [7, 11) is 2.15. The van der Waals surface area contributed by atoms with Gasteiger partial charge < -0.3 is 0 Å². The molecule has 282 valence electrons. The third-order valence-corrected chi connectivity index (χ3v) is 14.6. The molecule has 54 heavy (non-hydrogen) atoms. The molecule has 0 fully saturated rings. The second-order valence-electron chi connectivity index (χ2n) is 19.1. The van der Waals surface area contributed by atoms with Crippen LogP contribution in [0.2, 0.25) is 0 Å². The first kappa shape index (κ1) is 36.7. The average molecular weight is 898 g/mol. The standard InChI is InChI=1S/C48H54N4O.Pt/c1-44(2,3)30-17-21-37-40(25-30)50(13)29-51(37)32-15-14-16-33(27-32)53-34-18-19-35-39(28-34)52(41-26-31(23-24-49-41)45(4,5)6)38-22-20-36-43(42(35)38)47(9,10)48(11,12)46(36,7)8;/h14-28H,1-13H3;. The van der Waals surface area contributed by atoms with Gasteiger partial charge in [0.1, 0.15) is 0 Å². The summed E-state index contributed by atoms with van der Waals surface area (Å²) in [4.78, 5) is 5.01. The fourth-order valence-corrected chi connectivity index (χ4v) is 9.69. The summed E-state index contributed by atoms with van der Waals surface area (Å²) in [5, 5.41) is 2.54. The number of imidazole rings is 1. The molecular formula is C48H54N4OPt. The normalized spacial score (nSPS) is 16.4. The van der Waals surface area contributed by atoms with Gasteiger partial charge in [-0.15, -0.1) is 0 Å². The molecule has 1 aliphatic rings. The molecular weight excluding hydrogens is 844 g/mol. The number of fused-ring (bicyclic) bond motifs is 6. The van der Waals surface area contributed by atoms with Gasteiger partial charge in [-0.05, 0) is 38.9 Å². The molecule has 0 unspecified atom stereocenters. The Hall–Kier alpha value is -4.21. The Bertz CT molecular complexity index is 2720. The van der Waals surface area contributed by atoms with E-state index in [0.29, 0.717) is 0 Å². The van der Waals surface area contributed by atoms with E-state index < -0.39 is 0 Å². The van der Waals surface area contributed by atoms with Crippen LogP contribution in [0, 0.1) is 9.22 Å². The van der Waals surface area contributed by atoms with E-state index in [0.717, 1.165) is 32.3 Å². The average Bonchev–Trinajstić information content (AvgIpc) is 3.60. The Labute approximate surface area is 331 Å². The monoisotopic (exact) mass is 897 g/mol. The Morgan fingerprint density at radius 3 is 2.00 bits per heavy atom. The van der Waals surface area contributed by atoms with Gasteiger partial charge >= 0.3 is 220 Å². The van der Waals surface area contributed by atoms with Crippen molar-refractivity contribution in [2.45, 2.75) is 105 Å². The number of benzene rings is 4. The van der Waals surface area contributed by atoms with Crippen molar-refractivity contribution >= 4 is 32.8 Å². The van der Waals surface area contributed by atoms with Crippen molar-refractivity contribution < 1.29 is 24.1 Å². The second-order valence-corrected chi connectivity index (χ2v) is 20.1. The second kappa shape index (κ2) is 11.9. The molecule has 0 amide bonds. The van der Waals surface area contributed by atoms with Gasteiger partial charge in [-0.2, -0.15) is 0 Å².